The van der Waals surface area contributed by atoms with Crippen molar-refractivity contribution in [1.29, 1.82) is 0 Å². The van der Waals surface area contributed by atoms with E-state index >= 15 is 4.39 Å². The number of imidazole rings is 3. The molecule has 502 valence electrons. The van der Waals surface area contributed by atoms with Crippen LogP contribution < -0.4 is 31.9 Å². The average Bonchev–Trinajstić information content (AvgIpc) is 1.68. The molecule has 0 aliphatic carbocycles. The summed E-state index contributed by atoms with van der Waals surface area (Å²) in [6.45, 7) is 10.3. The predicted molar refractivity (Wildman–Crippen MR) is 391 cm³/mol. The SMILES string of the molecule is CCN(C)CCN(CC)C(=O)c1ccc(Nc2ccc(-c3ccc4c(c3)CNC4=O)n3ccnc23)cc1F.Cc1nc(-c2ccc(Nc3ccc(-c4ccc5c(c4)CNC5=O)n4ccnc34)cc2)cs1.O=C1NCc2cc(-c3ccc(Nc4ccc(-c5cnco5)cc4)c4nccn34)ccc21. The molecule has 0 spiro atoms. The van der Waals surface area contributed by atoms with Crippen molar-refractivity contribution in [3.8, 4) is 56.4 Å². The lowest BCUT2D eigenvalue weighted by Crippen LogP contribution is -2.37. The van der Waals surface area contributed by atoms with Gasteiger partial charge in [0.05, 0.1) is 56.6 Å². The van der Waals surface area contributed by atoms with Crippen molar-refractivity contribution < 1.29 is 28.0 Å². The van der Waals surface area contributed by atoms with Gasteiger partial charge in [-0.2, -0.15) is 0 Å². The standard InChI is InChI=1S/C29H31FN6O2.C25H19N5OS.C24H17N5O2/c1-4-34(3)14-15-35(5-2)29(38)23-9-7-21(17-24(23)30)33-25-10-11-26(36-13-12-31-27(25)36)19-6-8-22-20(16-19)18-32-28(22)37;1-15-28-22(14-32-15)16-2-5-19(6-3-16)29-21-8-9-23(30-11-10-26-24(21)30)17-4-7-20-18(12-17)13-27-25(20)31;30-24-19-6-3-16(11-17(19)12-27-24)21-8-7-20(23-26-9-10-29(21)23)28-18-4-1-15(2-5-18)22-13-25-14-31-22/h6-13,16-17,33H,4-5,14-15,18H2,1-3H3,(H,32,37);2-12,14,29H,13H2,1H3,(H,27,31);1-11,13-14,28H,12H2,(H,27,30). The van der Waals surface area contributed by atoms with Crippen LogP contribution in [0.15, 0.2) is 217 Å². The fraction of sp³-hybridized carbons (Fsp3) is 0.141. The largest absolute Gasteiger partial charge is 0.444 e. The normalized spacial score (nSPS) is 12.7. The molecule has 0 saturated heterocycles. The van der Waals surface area contributed by atoms with Crippen molar-refractivity contribution in [3.05, 3.63) is 263 Å². The van der Waals surface area contributed by atoms with E-state index in [2.05, 4.69) is 131 Å². The Morgan fingerprint density at radius 2 is 0.990 bits per heavy atom. The molecule has 4 amide bonds. The molecular formula is C78H67FN16O5S. The van der Waals surface area contributed by atoms with Gasteiger partial charge in [-0.3, -0.25) is 32.4 Å². The first kappa shape index (κ1) is 64.4. The summed E-state index contributed by atoms with van der Waals surface area (Å²) < 4.78 is 26.5. The molecule has 8 aromatic heterocycles. The summed E-state index contributed by atoms with van der Waals surface area (Å²) in [6.07, 6.45) is 14.2. The third-order valence-electron chi connectivity index (χ3n) is 18.3. The van der Waals surface area contributed by atoms with Crippen LogP contribution in [0.4, 0.5) is 38.5 Å². The summed E-state index contributed by atoms with van der Waals surface area (Å²) in [7, 11) is 1.99. The number of aryl methyl sites for hydroxylation is 1. The number of likely N-dealkylation sites (N-methyl/N-ethyl adjacent to an activating group) is 2. The second-order valence-electron chi connectivity index (χ2n) is 24.5. The van der Waals surface area contributed by atoms with Gasteiger partial charge in [0.15, 0.2) is 29.1 Å². The number of benzene rings is 6. The van der Waals surface area contributed by atoms with Crippen LogP contribution in [-0.4, -0.2) is 105 Å². The second-order valence-corrected chi connectivity index (χ2v) is 25.6. The van der Waals surface area contributed by atoms with E-state index in [1.807, 2.05) is 135 Å². The van der Waals surface area contributed by atoms with Crippen LogP contribution in [-0.2, 0) is 19.6 Å². The minimum absolute atomic E-state index is 0.00481. The highest BCUT2D eigenvalue weighted by Crippen LogP contribution is 2.35. The number of carbonyl (C=O) groups is 4. The summed E-state index contributed by atoms with van der Waals surface area (Å²) in [5.74, 6) is -0.215. The number of fused-ring (bicyclic) bond motifs is 6. The lowest BCUT2D eigenvalue weighted by Gasteiger charge is -2.24. The van der Waals surface area contributed by atoms with Crippen LogP contribution >= 0.6 is 11.3 Å². The highest BCUT2D eigenvalue weighted by molar-refractivity contribution is 7.09. The Balaban J connectivity index is 0.000000123. The number of thiazole rings is 1. The first-order valence-electron chi connectivity index (χ1n) is 33.0. The Hall–Kier alpha value is -12.6. The topological polar surface area (TPSA) is 238 Å². The van der Waals surface area contributed by atoms with E-state index < -0.39 is 5.82 Å². The summed E-state index contributed by atoms with van der Waals surface area (Å²) >= 11 is 1.66. The fourth-order valence-electron chi connectivity index (χ4n) is 12.8. The van der Waals surface area contributed by atoms with E-state index in [1.54, 1.807) is 47.1 Å². The van der Waals surface area contributed by atoms with Crippen LogP contribution in [0, 0.1) is 12.7 Å². The number of nitrogens with one attached hydrogen (secondary N) is 6. The molecule has 17 rings (SSSR count). The van der Waals surface area contributed by atoms with Gasteiger partial charge in [0.2, 0.25) is 0 Å². The molecule has 0 fully saturated rings. The van der Waals surface area contributed by atoms with Gasteiger partial charge in [-0.25, -0.2) is 29.3 Å². The van der Waals surface area contributed by atoms with Crippen LogP contribution in [0.1, 0.15) is 77.0 Å². The Kier molecular flexibility index (Phi) is 17.7. The number of hydrogen-bond donors (Lipinski definition) is 6. The zero-order chi connectivity index (χ0) is 69.3. The van der Waals surface area contributed by atoms with E-state index in [0.717, 1.165) is 136 Å². The van der Waals surface area contributed by atoms with Gasteiger partial charge in [-0.05, 0) is 188 Å². The lowest BCUT2D eigenvalue weighted by molar-refractivity contribution is 0.0745. The number of rotatable bonds is 17. The number of hydrogen-bond acceptors (Lipinski definition) is 15. The number of oxazole rings is 1. The van der Waals surface area contributed by atoms with Crippen molar-refractivity contribution in [2.45, 2.75) is 40.4 Å². The summed E-state index contributed by atoms with van der Waals surface area (Å²) in [6, 6.07) is 50.6. The minimum atomic E-state index is -0.570. The molecule has 21 nitrogen and oxygen atoms in total. The third-order valence-corrected chi connectivity index (χ3v) is 19.1. The molecule has 23 heteroatoms. The van der Waals surface area contributed by atoms with Gasteiger partial charge in [-0.1, -0.05) is 37.3 Å². The predicted octanol–water partition coefficient (Wildman–Crippen LogP) is 14.6. The van der Waals surface area contributed by atoms with E-state index in [0.29, 0.717) is 55.3 Å². The minimum Gasteiger partial charge on any atom is -0.444 e. The van der Waals surface area contributed by atoms with Gasteiger partial charge in [0, 0.05) is 127 Å². The van der Waals surface area contributed by atoms with Gasteiger partial charge in [0.1, 0.15) is 5.82 Å². The first-order chi connectivity index (χ1) is 49.3. The zero-order valence-corrected chi connectivity index (χ0v) is 56.3. The molecular weight excluding hydrogens is 1290 g/mol. The zero-order valence-electron chi connectivity index (χ0n) is 55.5. The molecule has 6 aromatic carbocycles. The second kappa shape index (κ2) is 27.7. The van der Waals surface area contributed by atoms with Crippen LogP contribution in [0.5, 0.6) is 0 Å². The quantitative estimate of drug-likeness (QED) is 0.0497. The smallest absolute Gasteiger partial charge is 0.256 e. The molecule has 0 unspecified atom stereocenters. The number of anilines is 6. The Bertz CT molecular complexity index is 5490. The molecule has 0 atom stereocenters. The Morgan fingerprint density at radius 3 is 1.41 bits per heavy atom. The van der Waals surface area contributed by atoms with Crippen molar-refractivity contribution >= 4 is 86.0 Å². The van der Waals surface area contributed by atoms with Crippen LogP contribution in [0.3, 0.4) is 0 Å². The summed E-state index contributed by atoms with van der Waals surface area (Å²) in [4.78, 5) is 74.5. The van der Waals surface area contributed by atoms with Gasteiger partial charge < -0.3 is 46.1 Å². The molecule has 14 aromatic rings. The monoisotopic (exact) mass is 1360 g/mol. The van der Waals surface area contributed by atoms with E-state index in [1.165, 1.54) is 18.5 Å². The van der Waals surface area contributed by atoms with E-state index in [9.17, 15) is 19.2 Å². The van der Waals surface area contributed by atoms with Crippen molar-refractivity contribution in [1.82, 2.24) is 63.9 Å². The molecule has 3 aliphatic heterocycles. The highest BCUT2D eigenvalue weighted by Gasteiger charge is 2.25. The Labute approximate surface area is 583 Å². The Morgan fingerprint density at radius 1 is 0.545 bits per heavy atom. The number of halogens is 1. The molecule has 0 bridgehead atoms. The van der Waals surface area contributed by atoms with Crippen LogP contribution in [0.25, 0.3) is 73.3 Å². The number of carbonyl (C=O) groups excluding carboxylic acids is 4. The van der Waals surface area contributed by atoms with Crippen molar-refractivity contribution in [3.63, 3.8) is 0 Å². The molecule has 11 heterocycles. The number of aromatic nitrogens is 8. The van der Waals surface area contributed by atoms with Gasteiger partial charge >= 0.3 is 0 Å². The molecule has 0 radical (unpaired) electrons. The summed E-state index contributed by atoms with van der Waals surface area (Å²) in [5, 5.41) is 21.9. The number of nitrogens with zero attached hydrogens (tertiary/aromatic N) is 10. The molecule has 101 heavy (non-hydrogen) atoms. The van der Waals surface area contributed by atoms with Crippen molar-refractivity contribution in [2.24, 2.45) is 0 Å². The maximum Gasteiger partial charge on any atom is 0.256 e. The number of amides is 4. The molecule has 0 saturated carbocycles. The van der Waals surface area contributed by atoms with Crippen LogP contribution in [0.2, 0.25) is 0 Å². The van der Waals surface area contributed by atoms with Crippen molar-refractivity contribution in [2.75, 3.05) is 49.2 Å². The van der Waals surface area contributed by atoms with E-state index in [4.69, 9.17) is 4.42 Å². The van der Waals surface area contributed by atoms with E-state index in [-0.39, 0.29) is 29.2 Å². The first-order valence-corrected chi connectivity index (χ1v) is 33.9. The highest BCUT2D eigenvalue weighted by atomic mass is 32.1. The van der Waals surface area contributed by atoms with Gasteiger partial charge in [-0.15, -0.1) is 11.3 Å². The summed E-state index contributed by atoms with van der Waals surface area (Å²) in [5.41, 5.74) is 21.7. The fourth-order valence-corrected chi connectivity index (χ4v) is 13.4. The number of pyridine rings is 3. The maximum atomic E-state index is 15.1. The lowest BCUT2D eigenvalue weighted by atomic mass is 10.0. The maximum absolute atomic E-state index is 15.1. The van der Waals surface area contributed by atoms with Gasteiger partial charge in [0.25, 0.3) is 23.6 Å². The average molecular weight is 1360 g/mol. The molecule has 6 N–H and O–H groups in total. The molecule has 3 aliphatic rings. The third kappa shape index (κ3) is 13.1.